The Morgan fingerprint density at radius 3 is 2.94 bits per heavy atom. The summed E-state index contributed by atoms with van der Waals surface area (Å²) in [5.41, 5.74) is 0. The van der Waals surface area contributed by atoms with Crippen LogP contribution in [0, 0.1) is 0 Å². The Morgan fingerprint density at radius 2 is 2.35 bits per heavy atom. The number of aromatic nitrogens is 1. The number of nitrogens with zero attached hydrogens (tertiary/aromatic N) is 1. The third-order valence-electron chi connectivity index (χ3n) is 2.85. The van der Waals surface area contributed by atoms with Crippen molar-refractivity contribution >= 4 is 16.0 Å². The summed E-state index contributed by atoms with van der Waals surface area (Å²) in [6.07, 6.45) is 4.12. The Kier molecular flexibility index (Phi) is 3.21. The lowest BCUT2D eigenvalue weighted by atomic mass is 10.2. The monoisotopic (exact) mass is 258 g/mol. The number of hydrogen-bond donors (Lipinski definition) is 1. The van der Waals surface area contributed by atoms with E-state index in [0.717, 1.165) is 0 Å². The minimum Gasteiger partial charge on any atom is -0.468 e. The number of carbonyl (C=O) groups excluding carboxylic acids is 1. The molecule has 1 saturated heterocycles. The van der Waals surface area contributed by atoms with Crippen LogP contribution >= 0.6 is 0 Å². The summed E-state index contributed by atoms with van der Waals surface area (Å²) in [6, 6.07) is 0.780. The van der Waals surface area contributed by atoms with Crippen LogP contribution in [0.2, 0.25) is 0 Å². The highest BCUT2D eigenvalue weighted by Crippen LogP contribution is 2.26. The number of rotatable bonds is 3. The normalized spacial score (nSPS) is 21.6. The highest BCUT2D eigenvalue weighted by atomic mass is 32.2. The fourth-order valence-corrected chi connectivity index (χ4v) is 3.63. The van der Waals surface area contributed by atoms with Gasteiger partial charge in [-0.3, -0.25) is 4.79 Å². The van der Waals surface area contributed by atoms with Gasteiger partial charge in [-0.15, -0.1) is 0 Å². The van der Waals surface area contributed by atoms with Crippen molar-refractivity contribution in [2.45, 2.75) is 23.8 Å². The van der Waals surface area contributed by atoms with Gasteiger partial charge in [0.1, 0.15) is 6.04 Å². The van der Waals surface area contributed by atoms with Crippen molar-refractivity contribution in [3.05, 3.63) is 18.5 Å². The van der Waals surface area contributed by atoms with Crippen LogP contribution in [0.5, 0.6) is 0 Å². The molecule has 7 heteroatoms. The Hall–Kier alpha value is -1.34. The predicted octanol–water partition coefficient (Wildman–Crippen LogP) is 0.341. The van der Waals surface area contributed by atoms with Crippen LogP contribution in [0.1, 0.15) is 12.8 Å². The molecule has 94 valence electrons. The molecule has 6 nitrogen and oxygen atoms in total. The van der Waals surface area contributed by atoms with E-state index < -0.39 is 22.0 Å². The van der Waals surface area contributed by atoms with Gasteiger partial charge in [-0.25, -0.2) is 8.42 Å². The van der Waals surface area contributed by atoms with Crippen LogP contribution in [0.3, 0.4) is 0 Å². The molecule has 0 aromatic carbocycles. The minimum atomic E-state index is -3.60. The van der Waals surface area contributed by atoms with Crippen molar-refractivity contribution < 1.29 is 17.9 Å². The zero-order valence-electron chi connectivity index (χ0n) is 9.42. The Balaban J connectivity index is 2.31. The van der Waals surface area contributed by atoms with Crippen molar-refractivity contribution in [1.82, 2.24) is 9.29 Å². The Morgan fingerprint density at radius 1 is 1.59 bits per heavy atom. The molecule has 0 bridgehead atoms. The summed E-state index contributed by atoms with van der Waals surface area (Å²) < 4.78 is 30.3. The number of ether oxygens (including phenoxy) is 1. The topological polar surface area (TPSA) is 79.5 Å². The van der Waals surface area contributed by atoms with E-state index in [1.807, 2.05) is 0 Å². The predicted molar refractivity (Wildman–Crippen MR) is 59.7 cm³/mol. The van der Waals surface area contributed by atoms with Crippen molar-refractivity contribution in [2.75, 3.05) is 13.7 Å². The Labute approximate surface area is 99.6 Å². The van der Waals surface area contributed by atoms with E-state index in [1.165, 1.54) is 29.9 Å². The van der Waals surface area contributed by atoms with Crippen molar-refractivity contribution in [3.63, 3.8) is 0 Å². The molecule has 1 aromatic heterocycles. The maximum Gasteiger partial charge on any atom is 0.324 e. The second-order valence-corrected chi connectivity index (χ2v) is 5.73. The first kappa shape index (κ1) is 12.1. The van der Waals surface area contributed by atoms with Crippen LogP contribution in [0.15, 0.2) is 23.4 Å². The molecule has 1 aliphatic heterocycles. The van der Waals surface area contributed by atoms with E-state index >= 15 is 0 Å². The molecule has 0 saturated carbocycles. The second-order valence-electron chi connectivity index (χ2n) is 3.84. The molecular formula is C10H14N2O4S. The first-order chi connectivity index (χ1) is 8.07. The first-order valence-electron chi connectivity index (χ1n) is 5.30. The maximum absolute atomic E-state index is 12.2. The molecule has 0 spiro atoms. The zero-order valence-corrected chi connectivity index (χ0v) is 10.2. The van der Waals surface area contributed by atoms with Crippen LogP contribution in [0.25, 0.3) is 0 Å². The maximum atomic E-state index is 12.2. The average Bonchev–Trinajstić information content (AvgIpc) is 2.98. The van der Waals surface area contributed by atoms with Crippen LogP contribution < -0.4 is 0 Å². The fourth-order valence-electron chi connectivity index (χ4n) is 2.00. The highest BCUT2D eigenvalue weighted by Gasteiger charge is 2.40. The summed E-state index contributed by atoms with van der Waals surface area (Å²) in [5.74, 6) is -0.499. The minimum absolute atomic E-state index is 0.174. The zero-order chi connectivity index (χ0) is 12.5. The summed E-state index contributed by atoms with van der Waals surface area (Å²) in [7, 11) is -2.33. The lowest BCUT2D eigenvalue weighted by molar-refractivity contribution is -0.144. The smallest absolute Gasteiger partial charge is 0.324 e. The highest BCUT2D eigenvalue weighted by molar-refractivity contribution is 7.89. The van der Waals surface area contributed by atoms with Gasteiger partial charge in [0.05, 0.1) is 12.0 Å². The van der Waals surface area contributed by atoms with Gasteiger partial charge in [-0.2, -0.15) is 4.31 Å². The molecule has 0 amide bonds. The van der Waals surface area contributed by atoms with E-state index in [1.54, 1.807) is 0 Å². The third-order valence-corrected chi connectivity index (χ3v) is 4.76. The van der Waals surface area contributed by atoms with E-state index in [9.17, 15) is 13.2 Å². The second kappa shape index (κ2) is 4.50. The molecule has 1 N–H and O–H groups in total. The molecular weight excluding hydrogens is 244 g/mol. The largest absolute Gasteiger partial charge is 0.468 e. The SMILES string of the molecule is COC(=O)C1CCCN1S(=O)(=O)c1cc[nH]c1. The van der Waals surface area contributed by atoms with Crippen molar-refractivity contribution in [1.29, 1.82) is 0 Å². The number of carbonyl (C=O) groups is 1. The number of methoxy groups -OCH3 is 1. The number of H-pyrrole nitrogens is 1. The first-order valence-corrected chi connectivity index (χ1v) is 6.74. The quantitative estimate of drug-likeness (QED) is 0.793. The van der Waals surface area contributed by atoms with Crippen molar-refractivity contribution in [2.24, 2.45) is 0 Å². The van der Waals surface area contributed by atoms with Gasteiger partial charge in [0.25, 0.3) is 0 Å². The molecule has 2 heterocycles. The van der Waals surface area contributed by atoms with Crippen LogP contribution in [0.4, 0.5) is 0 Å². The standard InChI is InChI=1S/C10H14N2O4S/c1-16-10(13)9-3-2-6-12(9)17(14,15)8-4-5-11-7-8/h4-5,7,9,11H,2-3,6H2,1H3. The molecule has 0 aliphatic carbocycles. The Bertz CT molecular complexity index is 494. The van der Waals surface area contributed by atoms with Crippen molar-refractivity contribution in [3.8, 4) is 0 Å². The summed E-state index contributed by atoms with van der Waals surface area (Å²) in [4.78, 5) is 14.4. The number of aromatic amines is 1. The fraction of sp³-hybridized carbons (Fsp3) is 0.500. The van der Waals surface area contributed by atoms with Gasteiger partial charge in [0, 0.05) is 18.9 Å². The van der Waals surface area contributed by atoms with Gasteiger partial charge < -0.3 is 9.72 Å². The van der Waals surface area contributed by atoms with Gasteiger partial charge in [-0.05, 0) is 18.9 Å². The molecule has 17 heavy (non-hydrogen) atoms. The van der Waals surface area contributed by atoms with Gasteiger partial charge in [-0.1, -0.05) is 0 Å². The lowest BCUT2D eigenvalue weighted by Gasteiger charge is -2.21. The summed E-state index contributed by atoms with van der Waals surface area (Å²) in [6.45, 7) is 0.354. The lowest BCUT2D eigenvalue weighted by Crippen LogP contribution is -2.40. The average molecular weight is 258 g/mol. The number of sulfonamides is 1. The van der Waals surface area contributed by atoms with E-state index in [-0.39, 0.29) is 4.90 Å². The summed E-state index contributed by atoms with van der Waals surface area (Å²) >= 11 is 0. The van der Waals surface area contributed by atoms with E-state index in [2.05, 4.69) is 9.72 Å². The molecule has 1 unspecified atom stereocenters. The van der Waals surface area contributed by atoms with Gasteiger partial charge in [0.15, 0.2) is 0 Å². The molecule has 0 radical (unpaired) electrons. The van der Waals surface area contributed by atoms with E-state index in [4.69, 9.17) is 0 Å². The summed E-state index contributed by atoms with van der Waals surface area (Å²) in [5, 5.41) is 0. The van der Waals surface area contributed by atoms with Gasteiger partial charge >= 0.3 is 5.97 Å². The number of esters is 1. The van der Waals surface area contributed by atoms with E-state index in [0.29, 0.717) is 19.4 Å². The van der Waals surface area contributed by atoms with Crippen LogP contribution in [-0.4, -0.2) is 43.4 Å². The molecule has 1 aromatic rings. The van der Waals surface area contributed by atoms with Crippen LogP contribution in [-0.2, 0) is 19.6 Å². The number of hydrogen-bond acceptors (Lipinski definition) is 4. The molecule has 1 atom stereocenters. The molecule has 2 rings (SSSR count). The van der Waals surface area contributed by atoms with Gasteiger partial charge in [0.2, 0.25) is 10.0 Å². The third kappa shape index (κ3) is 2.07. The molecule has 1 fully saturated rings. The number of nitrogens with one attached hydrogen (secondary N) is 1. The molecule has 1 aliphatic rings.